The second-order valence-electron chi connectivity index (χ2n) is 10.2. The first-order chi connectivity index (χ1) is 16.6. The minimum atomic E-state index is -3.07. The number of aromatic nitrogens is 3. The Hall–Kier alpha value is -2.88. The van der Waals surface area contributed by atoms with Crippen LogP contribution in [-0.4, -0.2) is 46.9 Å². The average molecular weight is 499 g/mol. The Balaban J connectivity index is 1.57. The molecule has 2 aliphatic heterocycles. The number of rotatable bonds is 4. The molecule has 11 heteroatoms. The maximum absolute atomic E-state index is 12.9. The molecular formula is C24H30N6O4S. The van der Waals surface area contributed by atoms with Crippen LogP contribution in [0, 0.1) is 11.3 Å². The van der Waals surface area contributed by atoms with Crippen LogP contribution in [0.5, 0.6) is 0 Å². The van der Waals surface area contributed by atoms with Gasteiger partial charge in [0.15, 0.2) is 5.82 Å². The predicted octanol–water partition coefficient (Wildman–Crippen LogP) is 4.53. The highest BCUT2D eigenvalue weighted by Gasteiger charge is 2.42. The molecule has 4 N–H and O–H groups in total. The fourth-order valence-electron chi connectivity index (χ4n) is 5.06. The zero-order valence-electron chi connectivity index (χ0n) is 20.0. The lowest BCUT2D eigenvalue weighted by Gasteiger charge is -2.44. The molecule has 0 aliphatic carbocycles. The molecule has 2 aromatic heterocycles. The summed E-state index contributed by atoms with van der Waals surface area (Å²) in [6.45, 7) is 7.23. The highest BCUT2D eigenvalue weighted by atomic mass is 32.3. The van der Waals surface area contributed by atoms with E-state index < -0.39 is 21.9 Å². The summed E-state index contributed by atoms with van der Waals surface area (Å²) in [6.07, 6.45) is 3.33. The lowest BCUT2D eigenvalue weighted by Crippen LogP contribution is -2.42. The molecule has 35 heavy (non-hydrogen) atoms. The number of fused-ring (bicyclic) bond motifs is 2. The largest absolute Gasteiger partial charge is 0.379 e. The van der Waals surface area contributed by atoms with E-state index in [9.17, 15) is 19.2 Å². The number of ether oxygens (including phenoxy) is 1. The first-order valence-corrected chi connectivity index (χ1v) is 13.1. The molecule has 0 radical (unpaired) electrons. The number of aromatic amines is 1. The zero-order valence-corrected chi connectivity index (χ0v) is 20.9. The van der Waals surface area contributed by atoms with E-state index in [2.05, 4.69) is 16.4 Å². The maximum Gasteiger partial charge on any atom is 0.261 e. The van der Waals surface area contributed by atoms with Gasteiger partial charge in [0, 0.05) is 30.6 Å². The van der Waals surface area contributed by atoms with Crippen molar-refractivity contribution in [1.82, 2.24) is 19.1 Å². The normalized spacial score (nSPS) is 23.1. The van der Waals surface area contributed by atoms with Gasteiger partial charge in [-0.25, -0.2) is 0 Å². The van der Waals surface area contributed by atoms with Gasteiger partial charge in [-0.05, 0) is 63.4 Å². The van der Waals surface area contributed by atoms with Crippen LogP contribution in [-0.2, 0) is 16.8 Å². The average Bonchev–Trinajstić information content (AvgIpc) is 3.30. The van der Waals surface area contributed by atoms with Crippen LogP contribution in [0.3, 0.4) is 0 Å². The van der Waals surface area contributed by atoms with Gasteiger partial charge in [-0.15, -0.1) is 10.8 Å². The fourth-order valence-corrected chi connectivity index (χ4v) is 7.11. The zero-order chi connectivity index (χ0) is 25.0. The van der Waals surface area contributed by atoms with E-state index in [-0.39, 0.29) is 12.0 Å². The minimum Gasteiger partial charge on any atom is -0.379 e. The number of benzene rings is 1. The van der Waals surface area contributed by atoms with Gasteiger partial charge >= 0.3 is 0 Å². The summed E-state index contributed by atoms with van der Waals surface area (Å²) in [5.41, 5.74) is 0.759. The van der Waals surface area contributed by atoms with Crippen molar-refractivity contribution in [3.05, 3.63) is 46.4 Å². The van der Waals surface area contributed by atoms with Crippen LogP contribution in [0.2, 0.25) is 0 Å². The van der Waals surface area contributed by atoms with Gasteiger partial charge in [-0.1, -0.05) is 0 Å². The lowest BCUT2D eigenvalue weighted by atomic mass is 9.89. The molecule has 3 aromatic rings. The van der Waals surface area contributed by atoms with Crippen molar-refractivity contribution in [1.29, 1.82) is 5.26 Å². The molecule has 0 spiro atoms. The van der Waals surface area contributed by atoms with E-state index in [4.69, 9.17) is 9.84 Å². The molecule has 1 aromatic carbocycles. The Morgan fingerprint density at radius 2 is 2.14 bits per heavy atom. The molecule has 4 heterocycles. The first-order valence-electron chi connectivity index (χ1n) is 11.6. The highest BCUT2D eigenvalue weighted by Crippen LogP contribution is 2.61. The molecule has 1 saturated heterocycles. The summed E-state index contributed by atoms with van der Waals surface area (Å²) >= 11 is 0. The number of hydrogen-bond donors (Lipinski definition) is 4. The topological polar surface area (TPSA) is 139 Å². The SMILES string of the molecule is CC(C)(C)N1Cc2cc(Nc3nn([C@]4(CC#N)CCCOC4)c4cc[nH]c(=O)c34)ccc2S1(O)O. The number of nitrogens with one attached hydrogen (secondary N) is 2. The molecule has 5 rings (SSSR count). The third-order valence-corrected chi connectivity index (χ3v) is 9.03. The monoisotopic (exact) mass is 498 g/mol. The third-order valence-electron chi connectivity index (χ3n) is 6.75. The number of hydrogen-bond acceptors (Lipinski definition) is 8. The summed E-state index contributed by atoms with van der Waals surface area (Å²) in [5, 5.41) is 18.0. The van der Waals surface area contributed by atoms with Crippen LogP contribution in [0.15, 0.2) is 40.2 Å². The van der Waals surface area contributed by atoms with E-state index in [0.717, 1.165) is 18.4 Å². The van der Waals surface area contributed by atoms with Crippen molar-refractivity contribution in [2.45, 2.75) is 62.6 Å². The van der Waals surface area contributed by atoms with Gasteiger partial charge in [-0.2, -0.15) is 14.7 Å². The highest BCUT2D eigenvalue weighted by molar-refractivity contribution is 8.22. The number of anilines is 2. The van der Waals surface area contributed by atoms with Crippen LogP contribution >= 0.6 is 10.8 Å². The molecule has 10 nitrogen and oxygen atoms in total. The van der Waals surface area contributed by atoms with Crippen molar-refractivity contribution < 1.29 is 13.8 Å². The quantitative estimate of drug-likeness (QED) is 0.411. The molecular weight excluding hydrogens is 468 g/mol. The standard InChI is InChI=1S/C24H30N6O4S/c1-23(2,3)29-14-16-13-17(5-6-19(16)35(29,32)33)27-21-20-18(7-11-26-22(20)31)30(28-21)24(9-10-25)8-4-12-34-15-24/h5-7,11,13,32-33H,4,8-9,12,14-15H2,1-3H3,(H,26,31)(H,27,28)/t24-/m0/s1. The van der Waals surface area contributed by atoms with Crippen LogP contribution in [0.25, 0.3) is 10.9 Å². The van der Waals surface area contributed by atoms with Crippen molar-refractivity contribution >= 4 is 33.2 Å². The summed E-state index contributed by atoms with van der Waals surface area (Å²) in [4.78, 5) is 16.1. The van der Waals surface area contributed by atoms with E-state index in [1.807, 2.05) is 26.8 Å². The Kier molecular flexibility index (Phi) is 5.69. The summed E-state index contributed by atoms with van der Waals surface area (Å²) in [7, 11) is -3.07. The molecule has 186 valence electrons. The molecule has 2 aliphatic rings. The Morgan fingerprint density at radius 3 is 2.83 bits per heavy atom. The molecule has 1 atom stereocenters. The molecule has 0 amide bonds. The second kappa shape index (κ2) is 8.36. The van der Waals surface area contributed by atoms with Gasteiger partial charge in [-0.3, -0.25) is 18.6 Å². The third kappa shape index (κ3) is 3.91. The van der Waals surface area contributed by atoms with Crippen molar-refractivity contribution in [2.24, 2.45) is 0 Å². The lowest BCUT2D eigenvalue weighted by molar-refractivity contribution is -0.00174. The van der Waals surface area contributed by atoms with E-state index >= 15 is 0 Å². The van der Waals surface area contributed by atoms with Gasteiger partial charge in [0.2, 0.25) is 0 Å². The smallest absolute Gasteiger partial charge is 0.261 e. The van der Waals surface area contributed by atoms with Crippen LogP contribution < -0.4 is 10.9 Å². The Bertz CT molecular complexity index is 1380. The fraction of sp³-hybridized carbons (Fsp3) is 0.458. The molecule has 0 unspecified atom stereocenters. The Morgan fingerprint density at radius 1 is 1.34 bits per heavy atom. The molecule has 0 saturated carbocycles. The molecule has 1 fully saturated rings. The first kappa shape index (κ1) is 23.8. The van der Waals surface area contributed by atoms with Gasteiger partial charge in [0.25, 0.3) is 5.56 Å². The summed E-state index contributed by atoms with van der Waals surface area (Å²) in [6, 6.07) is 9.41. The predicted molar refractivity (Wildman–Crippen MR) is 135 cm³/mol. The van der Waals surface area contributed by atoms with E-state index in [1.165, 1.54) is 0 Å². The summed E-state index contributed by atoms with van der Waals surface area (Å²) in [5.74, 6) is 0.377. The van der Waals surface area contributed by atoms with Gasteiger partial charge < -0.3 is 15.0 Å². The van der Waals surface area contributed by atoms with Crippen LogP contribution in [0.4, 0.5) is 11.5 Å². The van der Waals surface area contributed by atoms with E-state index in [1.54, 1.807) is 33.4 Å². The van der Waals surface area contributed by atoms with E-state index in [0.29, 0.717) is 47.1 Å². The second-order valence-corrected chi connectivity index (χ2v) is 12.1. The van der Waals surface area contributed by atoms with Crippen molar-refractivity contribution in [2.75, 3.05) is 18.5 Å². The minimum absolute atomic E-state index is 0.218. The summed E-state index contributed by atoms with van der Waals surface area (Å²) < 4.78 is 31.0. The molecule has 0 bridgehead atoms. The number of pyridine rings is 1. The van der Waals surface area contributed by atoms with Crippen LogP contribution in [0.1, 0.15) is 45.6 Å². The number of nitriles is 1. The Labute approximate surface area is 205 Å². The van der Waals surface area contributed by atoms with Crippen molar-refractivity contribution in [3.63, 3.8) is 0 Å². The van der Waals surface area contributed by atoms with Crippen molar-refractivity contribution in [3.8, 4) is 6.07 Å². The van der Waals surface area contributed by atoms with Gasteiger partial charge in [0.05, 0.1) is 35.0 Å². The van der Waals surface area contributed by atoms with Gasteiger partial charge in [0.1, 0.15) is 5.39 Å². The number of nitrogens with zero attached hydrogens (tertiary/aromatic N) is 4. The maximum atomic E-state index is 12.9. The number of H-pyrrole nitrogens is 1.